The van der Waals surface area contributed by atoms with Crippen LogP contribution in [0.2, 0.25) is 0 Å². The van der Waals surface area contributed by atoms with Gasteiger partial charge in [-0.2, -0.15) is 0 Å². The molecule has 1 aliphatic heterocycles. The van der Waals surface area contributed by atoms with Crippen molar-refractivity contribution in [3.63, 3.8) is 0 Å². The molecule has 0 bridgehead atoms. The van der Waals surface area contributed by atoms with Crippen LogP contribution in [0.25, 0.3) is 0 Å². The number of hydrogen-bond donors (Lipinski definition) is 3. The Balaban J connectivity index is 1.29. The number of urea groups is 1. The molecule has 5 atom stereocenters. The molecule has 4 aromatic rings. The van der Waals surface area contributed by atoms with Gasteiger partial charge in [-0.15, -0.1) is 11.8 Å². The van der Waals surface area contributed by atoms with Crippen molar-refractivity contribution < 1.29 is 33.6 Å². The summed E-state index contributed by atoms with van der Waals surface area (Å²) < 4.78 is 23.6. The highest BCUT2D eigenvalue weighted by molar-refractivity contribution is 7.99. The number of carbonyl (C=O) groups excluding carboxylic acids is 2. The van der Waals surface area contributed by atoms with Crippen molar-refractivity contribution in [1.29, 1.82) is 0 Å². The van der Waals surface area contributed by atoms with E-state index >= 15 is 0 Å². The van der Waals surface area contributed by atoms with E-state index in [-0.39, 0.29) is 24.7 Å². The van der Waals surface area contributed by atoms with Gasteiger partial charge in [-0.3, -0.25) is 0 Å². The lowest BCUT2D eigenvalue weighted by Crippen LogP contribution is -2.45. The quantitative estimate of drug-likeness (QED) is 0.114. The van der Waals surface area contributed by atoms with E-state index in [0.29, 0.717) is 17.9 Å². The van der Waals surface area contributed by atoms with E-state index in [1.165, 1.54) is 7.11 Å². The molecule has 9 nitrogen and oxygen atoms in total. The van der Waals surface area contributed by atoms with Gasteiger partial charge in [0, 0.05) is 34.2 Å². The van der Waals surface area contributed by atoms with Crippen LogP contribution >= 0.6 is 11.8 Å². The molecule has 1 saturated heterocycles. The Labute approximate surface area is 279 Å². The lowest BCUT2D eigenvalue weighted by Gasteiger charge is -2.41. The third kappa shape index (κ3) is 8.93. The molecular formula is C37H40N2O7S. The molecule has 0 aromatic heterocycles. The fraction of sp³-hybridized carbons (Fsp3) is 0.297. The molecule has 0 aliphatic carbocycles. The SMILES string of the molecule is COC(=O)[C@H](Cc1ccccc1)NC(=O)Nc1ccc([C@H]2O[C@@H](CSc3ccccc3OC)[C@@H](C)[C@@H](c3ccc(CO)cc3)O2)cc1. The molecule has 1 fully saturated rings. The van der Waals surface area contributed by atoms with Gasteiger partial charge < -0.3 is 34.7 Å². The summed E-state index contributed by atoms with van der Waals surface area (Å²) >= 11 is 1.67. The minimum Gasteiger partial charge on any atom is -0.496 e. The highest BCUT2D eigenvalue weighted by atomic mass is 32.2. The van der Waals surface area contributed by atoms with Crippen LogP contribution in [-0.4, -0.2) is 49.2 Å². The molecular weight excluding hydrogens is 616 g/mol. The van der Waals surface area contributed by atoms with Crippen molar-refractivity contribution in [2.75, 3.05) is 25.3 Å². The summed E-state index contributed by atoms with van der Waals surface area (Å²) in [6.07, 6.45) is -0.771. The molecule has 5 rings (SSSR count). The first-order valence-electron chi connectivity index (χ1n) is 15.4. The minimum atomic E-state index is -0.846. The van der Waals surface area contributed by atoms with Gasteiger partial charge in [0.25, 0.3) is 0 Å². The number of ether oxygens (including phenoxy) is 4. The number of esters is 1. The van der Waals surface area contributed by atoms with Crippen LogP contribution in [0.4, 0.5) is 10.5 Å². The number of para-hydroxylation sites is 1. The van der Waals surface area contributed by atoms with Crippen LogP contribution in [0.1, 0.15) is 41.6 Å². The van der Waals surface area contributed by atoms with Gasteiger partial charge in [-0.05, 0) is 41.0 Å². The molecule has 1 heterocycles. The molecule has 1 aliphatic rings. The van der Waals surface area contributed by atoms with Gasteiger partial charge in [-0.1, -0.05) is 85.8 Å². The average Bonchev–Trinajstić information content (AvgIpc) is 3.11. The van der Waals surface area contributed by atoms with Crippen molar-refractivity contribution in [3.05, 3.63) is 125 Å². The molecule has 0 saturated carbocycles. The number of aliphatic hydroxyl groups is 1. The largest absolute Gasteiger partial charge is 0.496 e. The van der Waals surface area contributed by atoms with E-state index < -0.39 is 24.3 Å². The minimum absolute atomic E-state index is 0.0247. The summed E-state index contributed by atoms with van der Waals surface area (Å²) in [5, 5.41) is 15.1. The third-order valence-electron chi connectivity index (χ3n) is 8.11. The summed E-state index contributed by atoms with van der Waals surface area (Å²) in [6, 6.07) is 31.0. The number of rotatable bonds is 12. The zero-order chi connectivity index (χ0) is 33.2. The number of carbonyl (C=O) groups is 2. The second-order valence-corrected chi connectivity index (χ2v) is 12.3. The Hall–Kier alpha value is -4.35. The maximum Gasteiger partial charge on any atom is 0.328 e. The van der Waals surface area contributed by atoms with Crippen LogP contribution in [0.5, 0.6) is 5.75 Å². The molecule has 0 spiro atoms. The van der Waals surface area contributed by atoms with Crippen LogP contribution < -0.4 is 15.4 Å². The number of aliphatic hydroxyl groups excluding tert-OH is 1. The fourth-order valence-electron chi connectivity index (χ4n) is 5.45. The van der Waals surface area contributed by atoms with Crippen LogP contribution in [0, 0.1) is 5.92 Å². The summed E-state index contributed by atoms with van der Waals surface area (Å²) in [5.41, 5.74) is 4.07. The number of thioether (sulfide) groups is 1. The summed E-state index contributed by atoms with van der Waals surface area (Å²) in [6.45, 7) is 2.10. The molecule has 0 radical (unpaired) electrons. The highest BCUT2D eigenvalue weighted by Gasteiger charge is 2.38. The van der Waals surface area contributed by atoms with Crippen LogP contribution in [0.15, 0.2) is 108 Å². The van der Waals surface area contributed by atoms with Gasteiger partial charge >= 0.3 is 12.0 Å². The Bertz CT molecular complexity index is 1600. The van der Waals surface area contributed by atoms with Crippen molar-refractivity contribution in [2.45, 2.75) is 49.4 Å². The Kier molecular flexibility index (Phi) is 11.9. The maximum atomic E-state index is 12.9. The number of nitrogens with one attached hydrogen (secondary N) is 2. The number of hydrogen-bond acceptors (Lipinski definition) is 8. The number of anilines is 1. The van der Waals surface area contributed by atoms with Crippen LogP contribution in [-0.2, 0) is 32.0 Å². The zero-order valence-electron chi connectivity index (χ0n) is 26.6. The lowest BCUT2D eigenvalue weighted by atomic mass is 9.91. The topological polar surface area (TPSA) is 115 Å². The molecule has 4 aromatic carbocycles. The fourth-order valence-corrected chi connectivity index (χ4v) is 6.65. The summed E-state index contributed by atoms with van der Waals surface area (Å²) in [7, 11) is 2.96. The number of methoxy groups -OCH3 is 2. The molecule has 2 amide bonds. The maximum absolute atomic E-state index is 12.9. The number of amides is 2. The Morgan fingerprint density at radius 3 is 2.21 bits per heavy atom. The predicted molar refractivity (Wildman–Crippen MR) is 181 cm³/mol. The number of benzene rings is 4. The van der Waals surface area contributed by atoms with Gasteiger partial charge in [0.05, 0.1) is 33.0 Å². The van der Waals surface area contributed by atoms with Crippen molar-refractivity contribution >= 4 is 29.4 Å². The normalized spacial score (nSPS) is 19.7. The van der Waals surface area contributed by atoms with Gasteiger partial charge in [0.1, 0.15) is 11.8 Å². The van der Waals surface area contributed by atoms with E-state index in [0.717, 1.165) is 32.9 Å². The first-order valence-corrected chi connectivity index (χ1v) is 16.4. The van der Waals surface area contributed by atoms with Crippen molar-refractivity contribution in [3.8, 4) is 5.75 Å². The second-order valence-electron chi connectivity index (χ2n) is 11.3. The molecule has 0 unspecified atom stereocenters. The zero-order valence-corrected chi connectivity index (χ0v) is 27.4. The van der Waals surface area contributed by atoms with Crippen molar-refractivity contribution in [2.24, 2.45) is 5.92 Å². The first-order chi connectivity index (χ1) is 22.9. The van der Waals surface area contributed by atoms with E-state index in [9.17, 15) is 14.7 Å². The van der Waals surface area contributed by atoms with E-state index in [1.807, 2.05) is 91.0 Å². The molecule has 3 N–H and O–H groups in total. The van der Waals surface area contributed by atoms with Gasteiger partial charge in [-0.25, -0.2) is 9.59 Å². The monoisotopic (exact) mass is 656 g/mol. The second kappa shape index (κ2) is 16.5. The molecule has 246 valence electrons. The summed E-state index contributed by atoms with van der Waals surface area (Å²) in [4.78, 5) is 26.3. The first kappa shape index (κ1) is 34.0. The Morgan fingerprint density at radius 2 is 1.53 bits per heavy atom. The molecule has 47 heavy (non-hydrogen) atoms. The standard InChI is InChI=1S/C37H40N2O7S/c1-24-32(23-47-33-12-8-7-11-31(33)43-2)45-36(46-34(24)27-15-13-26(22-40)14-16-27)28-17-19-29(20-18-28)38-37(42)39-30(35(41)44-3)21-25-9-5-4-6-10-25/h4-20,24,30,32,34,36,40H,21-23H2,1-3H3,(H2,38,39,42)/t24-,30+,32+,34+,36+/m1/s1. The van der Waals surface area contributed by atoms with E-state index in [4.69, 9.17) is 18.9 Å². The lowest BCUT2D eigenvalue weighted by molar-refractivity contribution is -0.268. The summed E-state index contributed by atoms with van der Waals surface area (Å²) in [5.74, 6) is 0.988. The predicted octanol–water partition coefficient (Wildman–Crippen LogP) is 6.68. The third-order valence-corrected chi connectivity index (χ3v) is 9.25. The van der Waals surface area contributed by atoms with E-state index in [2.05, 4.69) is 17.6 Å². The molecule has 10 heteroatoms. The average molecular weight is 657 g/mol. The Morgan fingerprint density at radius 1 is 0.851 bits per heavy atom. The van der Waals surface area contributed by atoms with Gasteiger partial charge in [0.2, 0.25) is 0 Å². The van der Waals surface area contributed by atoms with Crippen LogP contribution in [0.3, 0.4) is 0 Å². The van der Waals surface area contributed by atoms with E-state index in [1.54, 1.807) is 31.0 Å². The van der Waals surface area contributed by atoms with Crippen molar-refractivity contribution in [1.82, 2.24) is 5.32 Å². The highest BCUT2D eigenvalue weighted by Crippen LogP contribution is 2.43. The smallest absolute Gasteiger partial charge is 0.328 e. The van der Waals surface area contributed by atoms with Gasteiger partial charge in [0.15, 0.2) is 6.29 Å².